The molecule has 4 rings (SSSR count). The highest BCUT2D eigenvalue weighted by Crippen LogP contribution is 2.34. The average molecular weight is 429 g/mol. The molecule has 0 bridgehead atoms. The summed E-state index contributed by atoms with van der Waals surface area (Å²) in [5.41, 5.74) is 2.94. The zero-order valence-electron chi connectivity index (χ0n) is 15.1. The Morgan fingerprint density at radius 2 is 1.93 bits per heavy atom. The fraction of sp³-hybridized carbons (Fsp3) is 0.150. The molecule has 142 valence electrons. The molecular weight excluding hydrogens is 412 g/mol. The van der Waals surface area contributed by atoms with Crippen molar-refractivity contribution >= 4 is 40.2 Å². The van der Waals surface area contributed by atoms with Gasteiger partial charge in [-0.05, 0) is 36.2 Å². The van der Waals surface area contributed by atoms with Crippen LogP contribution in [0.15, 0.2) is 54.9 Å². The van der Waals surface area contributed by atoms with Crippen molar-refractivity contribution in [3.63, 3.8) is 0 Å². The first kappa shape index (κ1) is 18.9. The predicted molar refractivity (Wildman–Crippen MR) is 114 cm³/mol. The maximum absolute atomic E-state index is 12.6. The van der Waals surface area contributed by atoms with E-state index in [4.69, 9.17) is 11.6 Å². The monoisotopic (exact) mass is 428 g/mol. The van der Waals surface area contributed by atoms with E-state index < -0.39 is 0 Å². The van der Waals surface area contributed by atoms with Crippen molar-refractivity contribution < 1.29 is 4.79 Å². The van der Waals surface area contributed by atoms with Gasteiger partial charge < -0.3 is 5.32 Å². The Balaban J connectivity index is 1.38. The summed E-state index contributed by atoms with van der Waals surface area (Å²) in [4.78, 5) is 18.7. The zero-order valence-corrected chi connectivity index (χ0v) is 17.4. The third-order valence-corrected chi connectivity index (χ3v) is 6.72. The number of hydrogen-bond donors (Lipinski definition) is 1. The molecule has 1 aromatic carbocycles. The van der Waals surface area contributed by atoms with Gasteiger partial charge in [-0.25, -0.2) is 4.98 Å². The number of nitrogens with one attached hydrogen (secondary N) is 1. The molecule has 1 amide bonds. The molecule has 0 unspecified atom stereocenters. The van der Waals surface area contributed by atoms with E-state index in [-0.39, 0.29) is 5.91 Å². The molecule has 1 N–H and O–H groups in total. The highest BCUT2D eigenvalue weighted by atomic mass is 35.5. The van der Waals surface area contributed by atoms with Gasteiger partial charge in [0.1, 0.15) is 9.88 Å². The molecular formula is C20H17ClN4OS2. The summed E-state index contributed by atoms with van der Waals surface area (Å²) in [6, 6.07) is 13.8. The van der Waals surface area contributed by atoms with Gasteiger partial charge in [0, 0.05) is 18.9 Å². The molecule has 0 spiro atoms. The van der Waals surface area contributed by atoms with E-state index in [0.717, 1.165) is 33.3 Å². The summed E-state index contributed by atoms with van der Waals surface area (Å²) in [5, 5.41) is 8.01. The fourth-order valence-electron chi connectivity index (χ4n) is 2.75. The lowest BCUT2D eigenvalue weighted by Gasteiger charge is -2.06. The lowest BCUT2D eigenvalue weighted by atomic mass is 10.1. The van der Waals surface area contributed by atoms with Crippen LogP contribution in [0.25, 0.3) is 9.88 Å². The molecule has 28 heavy (non-hydrogen) atoms. The summed E-state index contributed by atoms with van der Waals surface area (Å²) >= 11 is 8.85. The minimum Gasteiger partial charge on any atom is -0.347 e. The summed E-state index contributed by atoms with van der Waals surface area (Å²) in [6.07, 6.45) is 3.70. The Morgan fingerprint density at radius 3 is 2.61 bits per heavy atom. The standard InChI is InChI=1S/C20H17ClN4OS2/c1-13-18(28-20(24-13)16-7-8-17(21)27-16)19(26)22-11-14-3-5-15(6-4-14)12-25-10-2-9-23-25/h2-10H,11-12H2,1H3,(H,22,26). The van der Waals surface area contributed by atoms with Crippen molar-refractivity contribution in [3.05, 3.63) is 80.9 Å². The van der Waals surface area contributed by atoms with Crippen LogP contribution in [-0.2, 0) is 13.1 Å². The van der Waals surface area contributed by atoms with E-state index >= 15 is 0 Å². The number of aryl methyl sites for hydroxylation is 1. The topological polar surface area (TPSA) is 59.8 Å². The highest BCUT2D eigenvalue weighted by Gasteiger charge is 2.17. The molecule has 0 aliphatic carbocycles. The summed E-state index contributed by atoms with van der Waals surface area (Å²) in [7, 11) is 0. The van der Waals surface area contributed by atoms with E-state index in [1.54, 1.807) is 6.20 Å². The Labute approximate surface area is 175 Å². The first-order valence-electron chi connectivity index (χ1n) is 8.65. The number of benzene rings is 1. The molecule has 4 aromatic rings. The SMILES string of the molecule is Cc1nc(-c2ccc(Cl)s2)sc1C(=O)NCc1ccc(Cn2cccn2)cc1. The number of halogens is 1. The molecule has 3 aromatic heterocycles. The van der Waals surface area contributed by atoms with Crippen molar-refractivity contribution in [2.24, 2.45) is 0 Å². The van der Waals surface area contributed by atoms with Gasteiger partial charge in [-0.2, -0.15) is 5.10 Å². The Morgan fingerprint density at radius 1 is 1.14 bits per heavy atom. The number of rotatable bonds is 6. The third-order valence-electron chi connectivity index (χ3n) is 4.17. The van der Waals surface area contributed by atoms with Gasteiger partial charge in [0.15, 0.2) is 0 Å². The number of nitrogens with zero attached hydrogens (tertiary/aromatic N) is 3. The van der Waals surface area contributed by atoms with Crippen LogP contribution >= 0.6 is 34.3 Å². The minimum atomic E-state index is -0.107. The van der Waals surface area contributed by atoms with Crippen molar-refractivity contribution in [2.45, 2.75) is 20.0 Å². The number of carbonyl (C=O) groups is 1. The molecule has 0 radical (unpaired) electrons. The van der Waals surface area contributed by atoms with Crippen molar-refractivity contribution in [3.8, 4) is 9.88 Å². The van der Waals surface area contributed by atoms with Crippen LogP contribution in [0, 0.1) is 6.92 Å². The molecule has 0 aliphatic heterocycles. The minimum absolute atomic E-state index is 0.107. The van der Waals surface area contributed by atoms with Crippen molar-refractivity contribution in [1.82, 2.24) is 20.1 Å². The second-order valence-electron chi connectivity index (χ2n) is 6.24. The van der Waals surface area contributed by atoms with Gasteiger partial charge in [-0.1, -0.05) is 35.9 Å². The maximum atomic E-state index is 12.6. The van der Waals surface area contributed by atoms with Crippen LogP contribution in [0.4, 0.5) is 0 Å². The van der Waals surface area contributed by atoms with Crippen LogP contribution in [-0.4, -0.2) is 20.7 Å². The molecule has 3 heterocycles. The number of thiazole rings is 1. The van der Waals surface area contributed by atoms with Crippen molar-refractivity contribution in [2.75, 3.05) is 0 Å². The number of aromatic nitrogens is 3. The molecule has 0 aliphatic rings. The van der Waals surface area contributed by atoms with Crippen LogP contribution in [0.3, 0.4) is 0 Å². The van der Waals surface area contributed by atoms with Gasteiger partial charge >= 0.3 is 0 Å². The van der Waals surface area contributed by atoms with E-state index in [0.29, 0.717) is 15.8 Å². The Bertz CT molecular complexity index is 1080. The second-order valence-corrected chi connectivity index (χ2v) is 8.95. The van der Waals surface area contributed by atoms with Crippen molar-refractivity contribution in [1.29, 1.82) is 0 Å². The quantitative estimate of drug-likeness (QED) is 0.469. The molecule has 0 atom stereocenters. The Hall–Kier alpha value is -2.48. The van der Waals surface area contributed by atoms with Crippen LogP contribution in [0.5, 0.6) is 0 Å². The molecule has 5 nitrogen and oxygen atoms in total. The first-order valence-corrected chi connectivity index (χ1v) is 10.7. The van der Waals surface area contributed by atoms with E-state index in [2.05, 4.69) is 27.5 Å². The number of hydrogen-bond acceptors (Lipinski definition) is 5. The largest absolute Gasteiger partial charge is 0.347 e. The van der Waals surface area contributed by atoms with E-state index in [1.165, 1.54) is 22.7 Å². The molecule has 0 fully saturated rings. The maximum Gasteiger partial charge on any atom is 0.263 e. The fourth-order valence-corrected chi connectivity index (χ4v) is 4.83. The van der Waals surface area contributed by atoms with Gasteiger partial charge in [-0.3, -0.25) is 9.48 Å². The number of amides is 1. The summed E-state index contributed by atoms with van der Waals surface area (Å²) in [6.45, 7) is 3.06. The second kappa shape index (κ2) is 8.26. The van der Waals surface area contributed by atoms with E-state index in [1.807, 2.05) is 48.1 Å². The van der Waals surface area contributed by atoms with Crippen LogP contribution < -0.4 is 5.32 Å². The molecule has 0 saturated heterocycles. The Kier molecular flexibility index (Phi) is 5.57. The first-order chi connectivity index (χ1) is 13.6. The number of thiophene rings is 1. The van der Waals surface area contributed by atoms with Gasteiger partial charge in [0.25, 0.3) is 5.91 Å². The zero-order chi connectivity index (χ0) is 19.5. The smallest absolute Gasteiger partial charge is 0.263 e. The van der Waals surface area contributed by atoms with Gasteiger partial charge in [0.2, 0.25) is 0 Å². The average Bonchev–Trinajstić information content (AvgIpc) is 3.42. The van der Waals surface area contributed by atoms with Crippen LogP contribution in [0.2, 0.25) is 4.34 Å². The molecule has 8 heteroatoms. The lowest BCUT2D eigenvalue weighted by Crippen LogP contribution is -2.22. The highest BCUT2D eigenvalue weighted by molar-refractivity contribution is 7.24. The third kappa shape index (κ3) is 4.32. The number of carbonyl (C=O) groups excluding carboxylic acids is 1. The summed E-state index contributed by atoms with van der Waals surface area (Å²) in [5.74, 6) is -0.107. The van der Waals surface area contributed by atoms with E-state index in [9.17, 15) is 4.79 Å². The normalized spacial score (nSPS) is 10.9. The molecule has 0 saturated carbocycles. The predicted octanol–water partition coefficient (Wildman–Crippen LogP) is 5.01. The van der Waals surface area contributed by atoms with Crippen LogP contribution in [0.1, 0.15) is 26.5 Å². The summed E-state index contributed by atoms with van der Waals surface area (Å²) < 4.78 is 2.59. The van der Waals surface area contributed by atoms with Gasteiger partial charge in [-0.15, -0.1) is 22.7 Å². The lowest BCUT2D eigenvalue weighted by molar-refractivity contribution is 0.0954. The van der Waals surface area contributed by atoms with Gasteiger partial charge in [0.05, 0.1) is 21.5 Å².